The molecule has 6 heteroatoms. The van der Waals surface area contributed by atoms with E-state index in [1.165, 1.54) is 11.1 Å². The minimum atomic E-state index is -0.00783. The molecule has 2 N–H and O–H groups in total. The summed E-state index contributed by atoms with van der Waals surface area (Å²) in [4.78, 5) is 25.4. The van der Waals surface area contributed by atoms with Gasteiger partial charge in [-0.3, -0.25) is 14.7 Å². The van der Waals surface area contributed by atoms with Crippen molar-refractivity contribution in [2.24, 2.45) is 0 Å². The Hall–Kier alpha value is -3.64. The highest BCUT2D eigenvalue weighted by molar-refractivity contribution is 5.96. The van der Waals surface area contributed by atoms with Gasteiger partial charge in [0.2, 0.25) is 0 Å². The van der Waals surface area contributed by atoms with Gasteiger partial charge in [-0.1, -0.05) is 36.4 Å². The van der Waals surface area contributed by atoms with Crippen molar-refractivity contribution in [1.29, 1.82) is 0 Å². The van der Waals surface area contributed by atoms with E-state index in [4.69, 9.17) is 0 Å². The summed E-state index contributed by atoms with van der Waals surface area (Å²) < 4.78 is 0. The monoisotopic (exact) mass is 453 g/mol. The van der Waals surface area contributed by atoms with Crippen molar-refractivity contribution in [3.8, 4) is 11.3 Å². The molecule has 0 radical (unpaired) electrons. The van der Waals surface area contributed by atoms with Crippen molar-refractivity contribution in [1.82, 2.24) is 20.2 Å². The van der Waals surface area contributed by atoms with Crippen LogP contribution in [0.4, 0.5) is 5.69 Å². The third-order valence-electron chi connectivity index (χ3n) is 6.60. The minimum absolute atomic E-state index is 0.00783. The van der Waals surface area contributed by atoms with E-state index in [0.29, 0.717) is 6.54 Å². The summed E-state index contributed by atoms with van der Waals surface area (Å²) in [5, 5.41) is 4.28. The van der Waals surface area contributed by atoms with E-state index in [9.17, 15) is 4.79 Å². The van der Waals surface area contributed by atoms with Gasteiger partial charge in [0, 0.05) is 61.4 Å². The number of fused-ring (bicyclic) bond motifs is 1. The lowest BCUT2D eigenvalue weighted by molar-refractivity contribution is 0.0951. The molecule has 174 valence electrons. The number of nitrogens with one attached hydrogen (secondary N) is 2. The number of hydrogen-bond donors (Lipinski definition) is 2. The van der Waals surface area contributed by atoms with Crippen LogP contribution in [-0.4, -0.2) is 60.0 Å². The number of anilines is 1. The Morgan fingerprint density at radius 1 is 1.00 bits per heavy atom. The number of hydrogen-bond acceptors (Lipinski definition) is 4. The van der Waals surface area contributed by atoms with Crippen LogP contribution in [0.2, 0.25) is 0 Å². The van der Waals surface area contributed by atoms with E-state index >= 15 is 0 Å². The first-order valence-corrected chi connectivity index (χ1v) is 12.0. The van der Waals surface area contributed by atoms with Gasteiger partial charge in [0.15, 0.2) is 0 Å². The number of benzene rings is 2. The number of H-pyrrole nitrogens is 1. The second-order valence-electron chi connectivity index (χ2n) is 8.91. The zero-order valence-corrected chi connectivity index (χ0v) is 19.6. The highest BCUT2D eigenvalue weighted by atomic mass is 16.1. The number of aryl methyl sites for hydroxylation is 1. The molecular weight excluding hydrogens is 422 g/mol. The van der Waals surface area contributed by atoms with Gasteiger partial charge in [-0.15, -0.1) is 0 Å². The average Bonchev–Trinajstić information content (AvgIpc) is 3.29. The number of amides is 1. The number of rotatable bonds is 7. The number of pyridine rings is 1. The second kappa shape index (κ2) is 10.1. The zero-order valence-electron chi connectivity index (χ0n) is 19.6. The predicted octanol–water partition coefficient (Wildman–Crippen LogP) is 4.48. The van der Waals surface area contributed by atoms with E-state index in [1.807, 2.05) is 55.6 Å². The molecule has 0 bridgehead atoms. The Kier molecular flexibility index (Phi) is 6.58. The molecule has 2 aromatic heterocycles. The van der Waals surface area contributed by atoms with Gasteiger partial charge < -0.3 is 15.2 Å². The summed E-state index contributed by atoms with van der Waals surface area (Å²) in [6, 6.07) is 22.7. The van der Waals surface area contributed by atoms with Crippen molar-refractivity contribution < 1.29 is 4.79 Å². The van der Waals surface area contributed by atoms with Crippen LogP contribution < -0.4 is 10.2 Å². The first-order valence-electron chi connectivity index (χ1n) is 12.0. The maximum atomic E-state index is 12.7. The fourth-order valence-electron chi connectivity index (χ4n) is 4.66. The van der Waals surface area contributed by atoms with Gasteiger partial charge in [0.1, 0.15) is 0 Å². The lowest BCUT2D eigenvalue weighted by Gasteiger charge is -2.36. The first-order chi connectivity index (χ1) is 16.7. The lowest BCUT2D eigenvalue weighted by Crippen LogP contribution is -2.47. The lowest BCUT2D eigenvalue weighted by atomic mass is 10.1. The average molecular weight is 454 g/mol. The van der Waals surface area contributed by atoms with Gasteiger partial charge in [-0.25, -0.2) is 0 Å². The van der Waals surface area contributed by atoms with Gasteiger partial charge in [0.05, 0.1) is 11.1 Å². The normalized spacial score (nSPS) is 14.4. The van der Waals surface area contributed by atoms with Crippen LogP contribution in [0.1, 0.15) is 22.5 Å². The molecule has 2 aromatic carbocycles. The summed E-state index contributed by atoms with van der Waals surface area (Å²) in [6.45, 7) is 7.74. The zero-order chi connectivity index (χ0) is 23.3. The number of carbonyl (C=O) groups excluding carboxylic acids is 1. The highest BCUT2D eigenvalue weighted by Crippen LogP contribution is 2.23. The third kappa shape index (κ3) is 4.97. The molecule has 3 heterocycles. The summed E-state index contributed by atoms with van der Waals surface area (Å²) in [7, 11) is 0. The van der Waals surface area contributed by atoms with Crippen LogP contribution in [0.3, 0.4) is 0 Å². The molecule has 1 aliphatic rings. The molecule has 34 heavy (non-hydrogen) atoms. The molecule has 0 spiro atoms. The fourth-order valence-corrected chi connectivity index (χ4v) is 4.66. The van der Waals surface area contributed by atoms with E-state index in [-0.39, 0.29) is 5.91 Å². The van der Waals surface area contributed by atoms with Crippen LogP contribution in [0.15, 0.2) is 72.9 Å². The van der Waals surface area contributed by atoms with E-state index in [1.54, 1.807) is 0 Å². The quantitative estimate of drug-likeness (QED) is 0.405. The van der Waals surface area contributed by atoms with Crippen molar-refractivity contribution >= 4 is 22.5 Å². The Balaban J connectivity index is 1.07. The van der Waals surface area contributed by atoms with E-state index in [0.717, 1.165) is 67.2 Å². The maximum Gasteiger partial charge on any atom is 0.253 e. The molecule has 0 unspecified atom stereocenters. The van der Waals surface area contributed by atoms with Crippen LogP contribution in [0, 0.1) is 6.92 Å². The Labute approximate surface area is 200 Å². The summed E-state index contributed by atoms with van der Waals surface area (Å²) in [5.74, 6) is -0.00783. The molecule has 5 rings (SSSR count). The number of aromatic amines is 1. The van der Waals surface area contributed by atoms with Gasteiger partial charge in [0.25, 0.3) is 5.91 Å². The van der Waals surface area contributed by atoms with Crippen LogP contribution in [0.5, 0.6) is 0 Å². The summed E-state index contributed by atoms with van der Waals surface area (Å²) >= 11 is 0. The standard InChI is InChI=1S/C28H31N5O/c1-21-25(20-27(31-21)22-7-3-2-4-8-22)28(34)30-13-6-14-32-15-17-33(18-16-32)24-10-11-26-23(19-24)9-5-12-29-26/h2-5,7-12,19-20,31H,6,13-18H2,1H3,(H,30,34). The molecule has 1 fully saturated rings. The number of nitrogens with zero attached hydrogens (tertiary/aromatic N) is 3. The van der Waals surface area contributed by atoms with Crippen LogP contribution in [0.25, 0.3) is 22.2 Å². The summed E-state index contributed by atoms with van der Waals surface area (Å²) in [5.41, 5.74) is 5.99. The van der Waals surface area contributed by atoms with Crippen LogP contribution in [-0.2, 0) is 0 Å². The Bertz CT molecular complexity index is 1260. The maximum absolute atomic E-state index is 12.7. The number of aromatic nitrogens is 2. The molecule has 1 amide bonds. The number of carbonyl (C=O) groups is 1. The predicted molar refractivity (Wildman–Crippen MR) is 138 cm³/mol. The molecule has 1 aliphatic heterocycles. The molecule has 1 saturated heterocycles. The van der Waals surface area contributed by atoms with Crippen molar-refractivity contribution in [2.75, 3.05) is 44.2 Å². The van der Waals surface area contributed by atoms with Crippen molar-refractivity contribution in [3.63, 3.8) is 0 Å². The molecular formula is C28H31N5O. The van der Waals surface area contributed by atoms with Crippen LogP contribution >= 0.6 is 0 Å². The molecule has 0 atom stereocenters. The Morgan fingerprint density at radius 2 is 1.82 bits per heavy atom. The fraction of sp³-hybridized carbons (Fsp3) is 0.286. The van der Waals surface area contributed by atoms with Gasteiger partial charge >= 0.3 is 0 Å². The Morgan fingerprint density at radius 3 is 2.65 bits per heavy atom. The summed E-state index contributed by atoms with van der Waals surface area (Å²) in [6.07, 6.45) is 2.78. The van der Waals surface area contributed by atoms with Gasteiger partial charge in [-0.05, 0) is 55.8 Å². The topological polar surface area (TPSA) is 64.3 Å². The van der Waals surface area contributed by atoms with Crippen molar-refractivity contribution in [2.45, 2.75) is 13.3 Å². The first kappa shape index (κ1) is 22.2. The molecule has 4 aromatic rings. The highest BCUT2D eigenvalue weighted by Gasteiger charge is 2.18. The molecule has 6 nitrogen and oxygen atoms in total. The SMILES string of the molecule is Cc1[nH]c(-c2ccccc2)cc1C(=O)NCCCN1CCN(c2ccc3ncccc3c2)CC1. The smallest absolute Gasteiger partial charge is 0.253 e. The molecule has 0 aliphatic carbocycles. The largest absolute Gasteiger partial charge is 0.369 e. The van der Waals surface area contributed by atoms with Crippen molar-refractivity contribution in [3.05, 3.63) is 84.2 Å². The second-order valence-corrected chi connectivity index (χ2v) is 8.91. The third-order valence-corrected chi connectivity index (χ3v) is 6.60. The molecule has 0 saturated carbocycles. The van der Waals surface area contributed by atoms with Gasteiger partial charge in [-0.2, -0.15) is 0 Å². The minimum Gasteiger partial charge on any atom is -0.369 e. The van der Waals surface area contributed by atoms with E-state index < -0.39 is 0 Å². The van der Waals surface area contributed by atoms with E-state index in [2.05, 4.69) is 49.4 Å². The number of piperazine rings is 1.